The first-order valence-corrected chi connectivity index (χ1v) is 15.0. The Morgan fingerprint density at radius 3 is 2.50 bits per heavy atom. The van der Waals surface area contributed by atoms with Crippen LogP contribution in [0.3, 0.4) is 0 Å². The highest BCUT2D eigenvalue weighted by molar-refractivity contribution is 7.09. The van der Waals surface area contributed by atoms with Crippen molar-refractivity contribution in [1.29, 1.82) is 0 Å². The number of carbonyl (C=O) groups excluding carboxylic acids is 2. The predicted molar refractivity (Wildman–Crippen MR) is 167 cm³/mol. The summed E-state index contributed by atoms with van der Waals surface area (Å²) >= 11 is 1.51. The third kappa shape index (κ3) is 8.79. The molecule has 0 bridgehead atoms. The van der Waals surface area contributed by atoms with Gasteiger partial charge in [-0.1, -0.05) is 50.2 Å². The van der Waals surface area contributed by atoms with E-state index in [2.05, 4.69) is 40.5 Å². The van der Waals surface area contributed by atoms with Gasteiger partial charge in [0.15, 0.2) is 0 Å². The van der Waals surface area contributed by atoms with Gasteiger partial charge in [0.1, 0.15) is 5.01 Å². The van der Waals surface area contributed by atoms with Gasteiger partial charge in [-0.3, -0.25) is 14.6 Å². The zero-order valence-electron chi connectivity index (χ0n) is 24.6. The molecule has 2 amide bonds. The minimum Gasteiger partial charge on any atom is -0.390 e. The molecule has 0 saturated heterocycles. The number of benzene rings is 2. The number of nitrogens with zero attached hydrogens (tertiary/aromatic N) is 3. The second kappa shape index (κ2) is 14.8. The van der Waals surface area contributed by atoms with Crippen LogP contribution in [0.5, 0.6) is 0 Å². The first-order valence-electron chi connectivity index (χ1n) is 14.1. The van der Waals surface area contributed by atoms with Crippen LogP contribution in [0, 0.1) is 6.92 Å². The molecule has 2 heterocycles. The van der Waals surface area contributed by atoms with Gasteiger partial charge in [0, 0.05) is 48.5 Å². The molecule has 4 rings (SSSR count). The average molecular weight is 586 g/mol. The third-order valence-electron chi connectivity index (χ3n) is 7.00. The normalized spacial score (nSPS) is 12.6. The number of aliphatic hydroxyl groups is 1. The maximum Gasteiger partial charge on any atom is 0.253 e. The van der Waals surface area contributed by atoms with Gasteiger partial charge in [-0.2, -0.15) is 0 Å². The summed E-state index contributed by atoms with van der Waals surface area (Å²) in [6.45, 7) is 7.36. The number of rotatable bonds is 13. The molecule has 0 spiro atoms. The number of aliphatic hydroxyl groups excluding tert-OH is 1. The maximum atomic E-state index is 13.4. The van der Waals surface area contributed by atoms with Crippen LogP contribution in [0.25, 0.3) is 0 Å². The summed E-state index contributed by atoms with van der Waals surface area (Å²) in [5.74, 6) is -0.147. The fraction of sp³-hybridized carbons (Fsp3) is 0.333. The van der Waals surface area contributed by atoms with E-state index in [1.165, 1.54) is 16.9 Å². The van der Waals surface area contributed by atoms with Crippen molar-refractivity contribution in [3.8, 4) is 0 Å². The minimum absolute atomic E-state index is 0.197. The van der Waals surface area contributed by atoms with Crippen LogP contribution < -0.4 is 10.6 Å². The van der Waals surface area contributed by atoms with Crippen molar-refractivity contribution in [2.75, 3.05) is 13.6 Å². The second-order valence-corrected chi connectivity index (χ2v) is 11.8. The number of thiazole rings is 1. The van der Waals surface area contributed by atoms with Gasteiger partial charge in [-0.25, -0.2) is 4.98 Å². The summed E-state index contributed by atoms with van der Waals surface area (Å²) in [4.78, 5) is 37.0. The number of nitrogens with one attached hydrogen (secondary N) is 2. The van der Waals surface area contributed by atoms with Gasteiger partial charge < -0.3 is 20.6 Å². The van der Waals surface area contributed by atoms with Crippen LogP contribution in [0.15, 0.2) is 78.3 Å². The summed E-state index contributed by atoms with van der Waals surface area (Å²) in [6.07, 6.45) is 1.39. The van der Waals surface area contributed by atoms with E-state index >= 15 is 0 Å². The molecule has 9 heteroatoms. The molecule has 220 valence electrons. The Morgan fingerprint density at radius 1 is 1.02 bits per heavy atom. The summed E-state index contributed by atoms with van der Waals surface area (Å²) in [5, 5.41) is 20.3. The quantitative estimate of drug-likeness (QED) is 0.209. The lowest BCUT2D eigenvalue weighted by molar-refractivity contribution is 0.0784. The Bertz CT molecular complexity index is 1470. The molecule has 0 radical (unpaired) electrons. The molecule has 3 N–H and O–H groups in total. The average Bonchev–Trinajstić information content (AvgIpc) is 3.41. The fourth-order valence-corrected chi connectivity index (χ4v) is 5.43. The van der Waals surface area contributed by atoms with E-state index < -0.39 is 12.1 Å². The highest BCUT2D eigenvalue weighted by atomic mass is 32.1. The van der Waals surface area contributed by atoms with Gasteiger partial charge >= 0.3 is 0 Å². The van der Waals surface area contributed by atoms with Crippen molar-refractivity contribution in [3.63, 3.8) is 0 Å². The number of hydrogen-bond acceptors (Lipinski definition) is 7. The van der Waals surface area contributed by atoms with E-state index in [0.29, 0.717) is 36.6 Å². The Morgan fingerprint density at radius 2 is 1.79 bits per heavy atom. The lowest BCUT2D eigenvalue weighted by Crippen LogP contribution is -2.48. The second-order valence-electron chi connectivity index (χ2n) is 10.8. The van der Waals surface area contributed by atoms with Crippen molar-refractivity contribution < 1.29 is 14.7 Å². The molecule has 0 aliphatic carbocycles. The summed E-state index contributed by atoms with van der Waals surface area (Å²) in [7, 11) is 1.72. The lowest BCUT2D eigenvalue weighted by Gasteiger charge is -2.25. The third-order valence-corrected chi connectivity index (χ3v) is 7.96. The number of aryl methyl sites for hydroxylation is 1. The zero-order chi connectivity index (χ0) is 30.1. The van der Waals surface area contributed by atoms with Crippen molar-refractivity contribution in [3.05, 3.63) is 117 Å². The van der Waals surface area contributed by atoms with Gasteiger partial charge in [0.2, 0.25) is 0 Å². The Hall–Kier alpha value is -3.92. The number of hydrogen-bond donors (Lipinski definition) is 3. The minimum atomic E-state index is -0.861. The molecule has 8 nitrogen and oxygen atoms in total. The molecule has 2 aromatic heterocycles. The van der Waals surface area contributed by atoms with Crippen molar-refractivity contribution in [2.24, 2.45) is 0 Å². The molecule has 0 saturated carbocycles. The van der Waals surface area contributed by atoms with E-state index in [1.54, 1.807) is 42.4 Å². The van der Waals surface area contributed by atoms with E-state index in [-0.39, 0.29) is 18.4 Å². The molecule has 4 aromatic rings. The molecular weight excluding hydrogens is 546 g/mol. The zero-order valence-corrected chi connectivity index (χ0v) is 25.4. The number of aromatic nitrogens is 2. The molecule has 0 unspecified atom stereocenters. The van der Waals surface area contributed by atoms with Crippen molar-refractivity contribution >= 4 is 23.2 Å². The summed E-state index contributed by atoms with van der Waals surface area (Å²) in [6, 6.07) is 19.9. The van der Waals surface area contributed by atoms with Gasteiger partial charge in [-0.15, -0.1) is 11.3 Å². The lowest BCUT2D eigenvalue weighted by atomic mass is 10.00. The Balaban J connectivity index is 1.42. The van der Waals surface area contributed by atoms with E-state index in [0.717, 1.165) is 22.0 Å². The van der Waals surface area contributed by atoms with Crippen LogP contribution >= 0.6 is 11.3 Å². The first kappa shape index (κ1) is 31.0. The first-order chi connectivity index (χ1) is 20.2. The van der Waals surface area contributed by atoms with Gasteiger partial charge in [-0.05, 0) is 60.7 Å². The number of carbonyl (C=O) groups is 2. The molecule has 0 fully saturated rings. The fourth-order valence-electron chi connectivity index (χ4n) is 4.61. The number of amides is 2. The summed E-state index contributed by atoms with van der Waals surface area (Å²) in [5.41, 5.74) is 4.80. The van der Waals surface area contributed by atoms with E-state index in [1.807, 2.05) is 48.7 Å². The largest absolute Gasteiger partial charge is 0.390 e. The molecular formula is C33H39N5O3S. The SMILES string of the molecule is Cc1csc(CN(C)C(=O)c2cccc(C(=O)N[C@@H](Cc3ccccc3)[C@H](O)CNCc3cc(C(C)C)ccn3)c2)n1. The maximum absolute atomic E-state index is 13.4. The Labute approximate surface area is 251 Å². The molecule has 2 atom stereocenters. The predicted octanol–water partition coefficient (Wildman–Crippen LogP) is 4.73. The van der Waals surface area contributed by atoms with E-state index in [4.69, 9.17) is 0 Å². The van der Waals surface area contributed by atoms with E-state index in [9.17, 15) is 14.7 Å². The molecule has 0 aliphatic rings. The van der Waals surface area contributed by atoms with Gasteiger partial charge in [0.25, 0.3) is 11.8 Å². The monoisotopic (exact) mass is 585 g/mol. The van der Waals surface area contributed by atoms with Crippen molar-refractivity contribution in [1.82, 2.24) is 25.5 Å². The molecule has 2 aromatic carbocycles. The van der Waals surface area contributed by atoms with Crippen LogP contribution in [-0.2, 0) is 19.5 Å². The molecule has 0 aliphatic heterocycles. The van der Waals surface area contributed by atoms with Crippen LogP contribution in [0.2, 0.25) is 0 Å². The van der Waals surface area contributed by atoms with Crippen LogP contribution in [-0.4, -0.2) is 57.5 Å². The molecule has 42 heavy (non-hydrogen) atoms. The standard InChI is InChI=1S/C33H39N5O3S/c1-22(2)25-13-14-35-28(17-25)18-34-19-30(39)29(15-24-9-6-5-7-10-24)37-32(40)26-11-8-12-27(16-26)33(41)38(4)20-31-36-23(3)21-42-31/h5-14,16-17,21-22,29-30,34,39H,15,18-20H2,1-4H3,(H,37,40)/t29-,30+/m0/s1. The highest BCUT2D eigenvalue weighted by Gasteiger charge is 2.23. The van der Waals surface area contributed by atoms with Crippen LogP contribution in [0.4, 0.5) is 0 Å². The topological polar surface area (TPSA) is 107 Å². The van der Waals surface area contributed by atoms with Crippen LogP contribution in [0.1, 0.15) is 68.0 Å². The Kier molecular flexibility index (Phi) is 10.9. The number of pyridine rings is 1. The summed E-state index contributed by atoms with van der Waals surface area (Å²) < 4.78 is 0. The highest BCUT2D eigenvalue weighted by Crippen LogP contribution is 2.16. The van der Waals surface area contributed by atoms with Crippen molar-refractivity contribution in [2.45, 2.75) is 58.3 Å². The smallest absolute Gasteiger partial charge is 0.253 e. The van der Waals surface area contributed by atoms with Gasteiger partial charge in [0.05, 0.1) is 24.4 Å².